The molecule has 3 rings (SSSR count). The maximum absolute atomic E-state index is 6.33. The number of aryl methyl sites for hydroxylation is 1. The molecule has 1 aromatic heterocycles. The normalized spacial score (nSPS) is 23.4. The van der Waals surface area contributed by atoms with Crippen LogP contribution in [0.4, 0.5) is 0 Å². The van der Waals surface area contributed by atoms with Crippen LogP contribution in [0.5, 0.6) is 0 Å². The number of hydrogen-bond acceptors (Lipinski definition) is 3. The largest absolute Gasteiger partial charge is 0.326 e. The summed E-state index contributed by atoms with van der Waals surface area (Å²) >= 11 is 3.56. The summed E-state index contributed by atoms with van der Waals surface area (Å²) in [4.78, 5) is 2.41. The minimum atomic E-state index is 0.199. The van der Waals surface area contributed by atoms with Crippen molar-refractivity contribution < 1.29 is 0 Å². The molecule has 0 amide bonds. The molecule has 2 N–H and O–H groups in total. The molecule has 1 fully saturated rings. The second-order valence-electron chi connectivity index (χ2n) is 5.44. The SMILES string of the molecule is Cn1ncc(Br)c1CN1C[C@@H](N)[C@H](c2ccccc2)C1. The van der Waals surface area contributed by atoms with Crippen LogP contribution in [-0.2, 0) is 13.6 Å². The first-order valence-electron chi connectivity index (χ1n) is 6.84. The van der Waals surface area contributed by atoms with Crippen molar-refractivity contribution in [1.82, 2.24) is 14.7 Å². The van der Waals surface area contributed by atoms with Crippen molar-refractivity contribution in [2.45, 2.75) is 18.5 Å². The number of benzene rings is 1. The summed E-state index contributed by atoms with van der Waals surface area (Å²) in [7, 11) is 1.98. The highest BCUT2D eigenvalue weighted by Gasteiger charge is 2.31. The van der Waals surface area contributed by atoms with Gasteiger partial charge in [0.1, 0.15) is 0 Å². The molecule has 0 spiro atoms. The van der Waals surface area contributed by atoms with Gasteiger partial charge < -0.3 is 5.73 Å². The predicted molar refractivity (Wildman–Crippen MR) is 83.3 cm³/mol. The first-order valence-corrected chi connectivity index (χ1v) is 7.63. The second kappa shape index (κ2) is 5.68. The van der Waals surface area contributed by atoms with E-state index in [1.807, 2.05) is 17.9 Å². The fourth-order valence-electron chi connectivity index (χ4n) is 2.92. The van der Waals surface area contributed by atoms with Gasteiger partial charge in [0.25, 0.3) is 0 Å². The molecule has 5 heteroatoms. The Morgan fingerprint density at radius 1 is 1.30 bits per heavy atom. The van der Waals surface area contributed by atoms with Crippen molar-refractivity contribution in [1.29, 1.82) is 0 Å². The number of halogens is 1. The highest BCUT2D eigenvalue weighted by atomic mass is 79.9. The van der Waals surface area contributed by atoms with Gasteiger partial charge in [-0.1, -0.05) is 30.3 Å². The Kier molecular flexibility index (Phi) is 3.92. The third-order valence-corrected chi connectivity index (χ3v) is 4.71. The van der Waals surface area contributed by atoms with E-state index >= 15 is 0 Å². The zero-order valence-corrected chi connectivity index (χ0v) is 13.1. The van der Waals surface area contributed by atoms with Crippen molar-refractivity contribution in [2.24, 2.45) is 12.8 Å². The number of nitrogens with zero attached hydrogens (tertiary/aromatic N) is 3. The van der Waals surface area contributed by atoms with Crippen LogP contribution < -0.4 is 5.73 Å². The quantitative estimate of drug-likeness (QED) is 0.935. The van der Waals surface area contributed by atoms with Gasteiger partial charge in [-0.2, -0.15) is 5.10 Å². The van der Waals surface area contributed by atoms with Crippen molar-refractivity contribution in [3.8, 4) is 0 Å². The van der Waals surface area contributed by atoms with E-state index in [2.05, 4.69) is 56.3 Å². The third kappa shape index (κ3) is 2.66. The highest BCUT2D eigenvalue weighted by molar-refractivity contribution is 9.10. The van der Waals surface area contributed by atoms with Gasteiger partial charge in [0.2, 0.25) is 0 Å². The maximum Gasteiger partial charge on any atom is 0.0663 e. The molecule has 20 heavy (non-hydrogen) atoms. The van der Waals surface area contributed by atoms with Crippen molar-refractivity contribution >= 4 is 15.9 Å². The number of likely N-dealkylation sites (tertiary alicyclic amines) is 1. The zero-order chi connectivity index (χ0) is 14.1. The summed E-state index contributed by atoms with van der Waals surface area (Å²) in [5.74, 6) is 0.420. The zero-order valence-electron chi connectivity index (χ0n) is 11.5. The fraction of sp³-hybridized carbons (Fsp3) is 0.400. The van der Waals surface area contributed by atoms with Crippen LogP contribution in [-0.4, -0.2) is 33.8 Å². The molecule has 0 aliphatic carbocycles. The van der Waals surface area contributed by atoms with Crippen LogP contribution in [0.1, 0.15) is 17.2 Å². The first kappa shape index (κ1) is 13.8. The van der Waals surface area contributed by atoms with Crippen LogP contribution >= 0.6 is 15.9 Å². The Bertz CT molecular complexity index is 561. The van der Waals surface area contributed by atoms with Gasteiger partial charge in [-0.25, -0.2) is 0 Å². The van der Waals surface area contributed by atoms with E-state index in [1.165, 1.54) is 11.3 Å². The minimum Gasteiger partial charge on any atom is -0.326 e. The van der Waals surface area contributed by atoms with Gasteiger partial charge in [0.15, 0.2) is 0 Å². The van der Waals surface area contributed by atoms with Gasteiger partial charge >= 0.3 is 0 Å². The summed E-state index contributed by atoms with van der Waals surface area (Å²) in [6, 6.07) is 10.8. The second-order valence-corrected chi connectivity index (χ2v) is 6.29. The summed E-state index contributed by atoms with van der Waals surface area (Å²) < 4.78 is 2.99. The number of aromatic nitrogens is 2. The Hall–Kier alpha value is -1.17. The van der Waals surface area contributed by atoms with Crippen LogP contribution in [0.15, 0.2) is 41.0 Å². The Morgan fingerprint density at radius 2 is 2.05 bits per heavy atom. The molecular weight excluding hydrogens is 316 g/mol. The summed E-state index contributed by atoms with van der Waals surface area (Å²) in [5.41, 5.74) is 8.87. The molecule has 2 atom stereocenters. The van der Waals surface area contributed by atoms with E-state index in [-0.39, 0.29) is 6.04 Å². The van der Waals surface area contributed by atoms with Crippen LogP contribution in [0.2, 0.25) is 0 Å². The first-order chi connectivity index (χ1) is 9.65. The van der Waals surface area contributed by atoms with Gasteiger partial charge in [-0.3, -0.25) is 9.58 Å². The predicted octanol–water partition coefficient (Wildman–Crippen LogP) is 2.11. The van der Waals surface area contributed by atoms with Crippen molar-refractivity contribution in [3.05, 3.63) is 52.3 Å². The minimum absolute atomic E-state index is 0.199. The lowest BCUT2D eigenvalue weighted by atomic mass is 9.95. The number of hydrogen-bond donors (Lipinski definition) is 1. The molecule has 0 bridgehead atoms. The monoisotopic (exact) mass is 334 g/mol. The summed E-state index contributed by atoms with van der Waals surface area (Å²) in [5, 5.41) is 4.27. The van der Waals surface area contributed by atoms with E-state index in [9.17, 15) is 0 Å². The van der Waals surface area contributed by atoms with Gasteiger partial charge in [0, 0.05) is 38.6 Å². The summed E-state index contributed by atoms with van der Waals surface area (Å²) in [6.07, 6.45) is 1.85. The van der Waals surface area contributed by atoms with Crippen LogP contribution in [0.25, 0.3) is 0 Å². The Balaban J connectivity index is 1.73. The lowest BCUT2D eigenvalue weighted by molar-refractivity contribution is 0.313. The molecule has 4 nitrogen and oxygen atoms in total. The lowest BCUT2D eigenvalue weighted by Crippen LogP contribution is -2.29. The molecule has 1 aliphatic heterocycles. The van der Waals surface area contributed by atoms with E-state index in [0.29, 0.717) is 5.92 Å². The highest BCUT2D eigenvalue weighted by Crippen LogP contribution is 2.28. The van der Waals surface area contributed by atoms with Gasteiger partial charge in [-0.15, -0.1) is 0 Å². The molecule has 2 heterocycles. The molecule has 106 valence electrons. The maximum atomic E-state index is 6.33. The summed E-state index contributed by atoms with van der Waals surface area (Å²) in [6.45, 7) is 2.81. The van der Waals surface area contributed by atoms with Gasteiger partial charge in [-0.05, 0) is 21.5 Å². The average Bonchev–Trinajstić information content (AvgIpc) is 2.97. The molecule has 1 saturated heterocycles. The lowest BCUT2D eigenvalue weighted by Gasteiger charge is -2.16. The van der Waals surface area contributed by atoms with Crippen LogP contribution in [0.3, 0.4) is 0 Å². The Labute approximate surface area is 127 Å². The van der Waals surface area contributed by atoms with E-state index in [1.54, 1.807) is 0 Å². The average molecular weight is 335 g/mol. The Morgan fingerprint density at radius 3 is 2.70 bits per heavy atom. The van der Waals surface area contributed by atoms with Crippen molar-refractivity contribution in [3.63, 3.8) is 0 Å². The molecule has 1 aliphatic rings. The standard InChI is InChI=1S/C15H19BrN4/c1-19-15(13(16)7-18-19)10-20-8-12(14(17)9-20)11-5-3-2-4-6-11/h2-7,12,14H,8-10,17H2,1H3/t12-,14+/m0/s1. The van der Waals surface area contributed by atoms with Crippen LogP contribution in [0, 0.1) is 0 Å². The molecule has 2 aromatic rings. The smallest absolute Gasteiger partial charge is 0.0663 e. The van der Waals surface area contributed by atoms with Gasteiger partial charge in [0.05, 0.1) is 16.4 Å². The molecule has 1 aromatic carbocycles. The third-order valence-electron chi connectivity index (χ3n) is 4.05. The van der Waals surface area contributed by atoms with E-state index < -0.39 is 0 Å². The number of nitrogens with two attached hydrogens (primary N) is 1. The molecular formula is C15H19BrN4. The van der Waals surface area contributed by atoms with Crippen molar-refractivity contribution in [2.75, 3.05) is 13.1 Å². The topological polar surface area (TPSA) is 47.1 Å². The van der Waals surface area contributed by atoms with E-state index in [0.717, 1.165) is 24.1 Å². The molecule has 0 unspecified atom stereocenters. The van der Waals surface area contributed by atoms with E-state index in [4.69, 9.17) is 5.73 Å². The number of rotatable bonds is 3. The molecule has 0 saturated carbocycles. The molecule has 0 radical (unpaired) electrons. The fourth-order valence-corrected chi connectivity index (χ4v) is 3.39.